The van der Waals surface area contributed by atoms with Crippen molar-refractivity contribution in [2.24, 2.45) is 10.8 Å². The second-order valence-electron chi connectivity index (χ2n) is 7.07. The first-order chi connectivity index (χ1) is 9.76. The number of carboxylic acids is 1. The minimum atomic E-state index is -0.694. The molecular formula is C17H25NO3. The van der Waals surface area contributed by atoms with E-state index in [1.54, 1.807) is 7.11 Å². The van der Waals surface area contributed by atoms with Crippen molar-refractivity contribution >= 4 is 5.97 Å². The molecule has 0 spiro atoms. The van der Waals surface area contributed by atoms with E-state index in [0.717, 1.165) is 30.0 Å². The molecule has 0 saturated heterocycles. The summed E-state index contributed by atoms with van der Waals surface area (Å²) in [5, 5.41) is 9.76. The third kappa shape index (κ3) is 3.55. The number of hydrogen-bond acceptors (Lipinski definition) is 3. The molecule has 21 heavy (non-hydrogen) atoms. The summed E-state index contributed by atoms with van der Waals surface area (Å²) in [4.78, 5) is 16.4. The van der Waals surface area contributed by atoms with E-state index in [0.29, 0.717) is 19.3 Å². The molecule has 2 rings (SSSR count). The Labute approximate surface area is 126 Å². The number of nitrogens with zero attached hydrogens (tertiary/aromatic N) is 1. The van der Waals surface area contributed by atoms with E-state index in [4.69, 9.17) is 4.74 Å². The van der Waals surface area contributed by atoms with Crippen molar-refractivity contribution in [1.29, 1.82) is 0 Å². The smallest absolute Gasteiger partial charge is 0.310 e. The third-order valence-electron chi connectivity index (χ3n) is 4.75. The molecular weight excluding hydrogens is 266 g/mol. The van der Waals surface area contributed by atoms with Crippen LogP contribution in [0.15, 0.2) is 12.1 Å². The molecule has 0 amide bonds. The highest BCUT2D eigenvalue weighted by atomic mass is 16.5. The highest BCUT2D eigenvalue weighted by Crippen LogP contribution is 2.47. The van der Waals surface area contributed by atoms with Gasteiger partial charge in [-0.3, -0.25) is 9.78 Å². The lowest BCUT2D eigenvalue weighted by Crippen LogP contribution is -2.39. The van der Waals surface area contributed by atoms with Gasteiger partial charge in [-0.25, -0.2) is 0 Å². The highest BCUT2D eigenvalue weighted by molar-refractivity contribution is 5.75. The lowest BCUT2D eigenvalue weighted by Gasteiger charge is -2.40. The first-order valence-corrected chi connectivity index (χ1v) is 7.51. The van der Waals surface area contributed by atoms with Gasteiger partial charge in [0.05, 0.1) is 12.5 Å². The van der Waals surface area contributed by atoms with Crippen molar-refractivity contribution in [3.05, 3.63) is 23.5 Å². The molecule has 1 aliphatic rings. The summed E-state index contributed by atoms with van der Waals surface area (Å²) in [5.74, 6) is 0.0504. The summed E-state index contributed by atoms with van der Waals surface area (Å²) in [6, 6.07) is 3.72. The van der Waals surface area contributed by atoms with E-state index >= 15 is 0 Å². The maximum Gasteiger partial charge on any atom is 0.310 e. The normalized spacial score (nSPS) is 20.0. The Balaban J connectivity index is 2.25. The summed E-state index contributed by atoms with van der Waals surface area (Å²) in [6.45, 7) is 6.34. The molecule has 1 aliphatic carbocycles. The zero-order valence-corrected chi connectivity index (χ0v) is 13.4. The molecule has 0 atom stereocenters. The van der Waals surface area contributed by atoms with Gasteiger partial charge in [-0.15, -0.1) is 0 Å². The van der Waals surface area contributed by atoms with E-state index in [1.807, 2.05) is 19.1 Å². The Bertz CT molecular complexity index is 527. The molecule has 1 N–H and O–H groups in total. The van der Waals surface area contributed by atoms with Crippen LogP contribution in [0.5, 0.6) is 5.75 Å². The van der Waals surface area contributed by atoms with Gasteiger partial charge in [-0.2, -0.15) is 0 Å². The lowest BCUT2D eigenvalue weighted by atomic mass is 9.63. The van der Waals surface area contributed by atoms with Crippen molar-refractivity contribution in [2.75, 3.05) is 7.11 Å². The maximum absolute atomic E-state index is 11.9. The third-order valence-corrected chi connectivity index (χ3v) is 4.75. The van der Waals surface area contributed by atoms with E-state index in [-0.39, 0.29) is 5.41 Å². The van der Waals surface area contributed by atoms with Crippen LogP contribution in [0.25, 0.3) is 0 Å². The predicted molar refractivity (Wildman–Crippen MR) is 81.5 cm³/mol. The summed E-state index contributed by atoms with van der Waals surface area (Å²) >= 11 is 0. The van der Waals surface area contributed by atoms with Crippen LogP contribution in [0, 0.1) is 17.8 Å². The average molecular weight is 291 g/mol. The Hall–Kier alpha value is -1.58. The average Bonchev–Trinajstić information content (AvgIpc) is 2.40. The van der Waals surface area contributed by atoms with Crippen LogP contribution < -0.4 is 4.74 Å². The van der Waals surface area contributed by atoms with Crippen LogP contribution in [0.3, 0.4) is 0 Å². The van der Waals surface area contributed by atoms with Crippen LogP contribution >= 0.6 is 0 Å². The zero-order valence-electron chi connectivity index (χ0n) is 13.4. The SMILES string of the molecule is COc1cc(C)nc(CC2(C(=O)O)CCC(C)(C)CC2)c1. The van der Waals surface area contributed by atoms with Gasteiger partial charge in [-0.1, -0.05) is 13.8 Å². The largest absolute Gasteiger partial charge is 0.497 e. The second-order valence-corrected chi connectivity index (χ2v) is 7.07. The number of aryl methyl sites for hydroxylation is 1. The van der Waals surface area contributed by atoms with Crippen LogP contribution in [0.1, 0.15) is 50.9 Å². The molecule has 1 saturated carbocycles. The monoisotopic (exact) mass is 291 g/mol. The molecule has 0 bridgehead atoms. The van der Waals surface area contributed by atoms with Gasteiger partial charge >= 0.3 is 5.97 Å². The van der Waals surface area contributed by atoms with Gasteiger partial charge in [0.25, 0.3) is 0 Å². The van der Waals surface area contributed by atoms with Crippen LogP contribution in [0.2, 0.25) is 0 Å². The van der Waals surface area contributed by atoms with Gasteiger partial charge in [0.1, 0.15) is 5.75 Å². The summed E-state index contributed by atoms with van der Waals surface area (Å²) < 4.78 is 5.26. The summed E-state index contributed by atoms with van der Waals surface area (Å²) in [5.41, 5.74) is 1.24. The predicted octanol–water partition coefficient (Wildman–Crippen LogP) is 3.61. The van der Waals surface area contributed by atoms with Crippen molar-refractivity contribution < 1.29 is 14.6 Å². The minimum Gasteiger partial charge on any atom is -0.497 e. The number of carbonyl (C=O) groups is 1. The van der Waals surface area contributed by atoms with Gasteiger partial charge < -0.3 is 9.84 Å². The standard InChI is InChI=1S/C17H25NO3/c1-12-9-14(21-4)10-13(18-12)11-17(15(19)20)7-5-16(2,3)6-8-17/h9-10H,5-8,11H2,1-4H3,(H,19,20). The molecule has 116 valence electrons. The van der Waals surface area contributed by atoms with E-state index in [2.05, 4.69) is 18.8 Å². The Morgan fingerprint density at radius 1 is 1.29 bits per heavy atom. The van der Waals surface area contributed by atoms with E-state index in [9.17, 15) is 9.90 Å². The number of aromatic nitrogens is 1. The topological polar surface area (TPSA) is 59.4 Å². The number of hydrogen-bond donors (Lipinski definition) is 1. The summed E-state index contributed by atoms with van der Waals surface area (Å²) in [6.07, 6.45) is 3.81. The number of rotatable bonds is 4. The quantitative estimate of drug-likeness (QED) is 0.920. The second kappa shape index (κ2) is 5.66. The Morgan fingerprint density at radius 2 is 1.90 bits per heavy atom. The number of pyridine rings is 1. The molecule has 4 nitrogen and oxygen atoms in total. The Kier molecular flexibility index (Phi) is 4.26. The fourth-order valence-electron chi connectivity index (χ4n) is 3.13. The van der Waals surface area contributed by atoms with Gasteiger partial charge in [0.15, 0.2) is 0 Å². The molecule has 0 aromatic carbocycles. The zero-order chi connectivity index (χ0) is 15.7. The number of carboxylic acid groups (broad SMARTS) is 1. The van der Waals surface area contributed by atoms with Crippen LogP contribution in [0.4, 0.5) is 0 Å². The maximum atomic E-state index is 11.9. The summed E-state index contributed by atoms with van der Waals surface area (Å²) in [7, 11) is 1.62. The number of methoxy groups -OCH3 is 1. The van der Waals surface area contributed by atoms with Gasteiger partial charge in [0, 0.05) is 29.9 Å². The molecule has 0 radical (unpaired) electrons. The number of aliphatic carboxylic acids is 1. The van der Waals surface area contributed by atoms with Crippen LogP contribution in [-0.4, -0.2) is 23.2 Å². The number of ether oxygens (including phenoxy) is 1. The minimum absolute atomic E-state index is 0.247. The molecule has 1 aromatic heterocycles. The first kappa shape index (κ1) is 15.8. The molecule has 1 fully saturated rings. The molecule has 1 aromatic rings. The first-order valence-electron chi connectivity index (χ1n) is 7.51. The Morgan fingerprint density at radius 3 is 2.43 bits per heavy atom. The van der Waals surface area contributed by atoms with Crippen molar-refractivity contribution in [3.63, 3.8) is 0 Å². The molecule has 0 aliphatic heterocycles. The van der Waals surface area contributed by atoms with Crippen molar-refractivity contribution in [1.82, 2.24) is 4.98 Å². The molecule has 0 unspecified atom stereocenters. The fraction of sp³-hybridized carbons (Fsp3) is 0.647. The fourth-order valence-corrected chi connectivity index (χ4v) is 3.13. The van der Waals surface area contributed by atoms with Crippen LogP contribution in [-0.2, 0) is 11.2 Å². The highest BCUT2D eigenvalue weighted by Gasteiger charge is 2.44. The molecule has 4 heteroatoms. The van der Waals surface area contributed by atoms with Crippen molar-refractivity contribution in [3.8, 4) is 5.75 Å². The lowest BCUT2D eigenvalue weighted by molar-refractivity contribution is -0.152. The van der Waals surface area contributed by atoms with Crippen molar-refractivity contribution in [2.45, 2.75) is 52.9 Å². The van der Waals surface area contributed by atoms with Gasteiger partial charge in [-0.05, 0) is 38.0 Å². The van der Waals surface area contributed by atoms with E-state index in [1.165, 1.54) is 0 Å². The van der Waals surface area contributed by atoms with Gasteiger partial charge in [0.2, 0.25) is 0 Å². The molecule has 1 heterocycles. The van der Waals surface area contributed by atoms with E-state index < -0.39 is 11.4 Å².